The third-order valence-corrected chi connectivity index (χ3v) is 4.85. The Balaban J connectivity index is 0.000000200. The summed E-state index contributed by atoms with van der Waals surface area (Å²) in [4.78, 5) is 8.49. The first kappa shape index (κ1) is 20.7. The molecule has 0 aliphatic heterocycles. The Morgan fingerprint density at radius 3 is 2.32 bits per heavy atom. The van der Waals surface area contributed by atoms with Crippen LogP contribution in [0, 0.1) is 30.3 Å². The molecular weight excluding hydrogens is 595 g/mol. The molecule has 3 aromatic carbocycles. The summed E-state index contributed by atoms with van der Waals surface area (Å²) in [6.07, 6.45) is 3.16. The molecule has 0 aliphatic rings. The number of aryl methyl sites for hydroxylation is 1. The fraction of sp³-hybridized carbons (Fsp3) is 0.0333. The van der Waals surface area contributed by atoms with Gasteiger partial charge in [-0.05, 0) is 46.6 Å². The van der Waals surface area contributed by atoms with Crippen molar-refractivity contribution in [2.75, 3.05) is 0 Å². The molecule has 0 saturated carbocycles. The van der Waals surface area contributed by atoms with Crippen molar-refractivity contribution < 1.29 is 24.2 Å². The normalized spacial score (nSPS) is 11.3. The Hall–Kier alpha value is -3.90. The van der Waals surface area contributed by atoms with Crippen molar-refractivity contribution in [3.63, 3.8) is 0 Å². The predicted octanol–water partition coefficient (Wildman–Crippen LogP) is 6.94. The first-order valence-electron chi connectivity index (χ1n) is 11.8. The van der Waals surface area contributed by atoms with Gasteiger partial charge in [0.05, 0.1) is 0 Å². The molecule has 2 heterocycles. The molecule has 2 aromatic heterocycles. The molecule has 0 N–H and O–H groups in total. The molecule has 0 aliphatic carbocycles. The van der Waals surface area contributed by atoms with Crippen LogP contribution in [0.15, 0.2) is 109 Å². The Bertz CT molecular complexity index is 1410. The third-order valence-electron chi connectivity index (χ3n) is 4.85. The minimum atomic E-state index is -2.16. The molecule has 0 bridgehead atoms. The summed E-state index contributed by atoms with van der Waals surface area (Å²) < 4.78 is 21.8. The van der Waals surface area contributed by atoms with E-state index in [1.54, 1.807) is 24.3 Å². The predicted molar refractivity (Wildman–Crippen MR) is 132 cm³/mol. The number of pyridine rings is 2. The van der Waals surface area contributed by atoms with Gasteiger partial charge < -0.3 is 9.97 Å². The van der Waals surface area contributed by atoms with Gasteiger partial charge in [-0.2, -0.15) is 0 Å². The van der Waals surface area contributed by atoms with Gasteiger partial charge in [0.15, 0.2) is 0 Å². The molecule has 4 heteroatoms. The smallest absolute Gasteiger partial charge is 0.0475 e. The van der Waals surface area contributed by atoms with Crippen molar-refractivity contribution in [2.45, 2.75) is 6.85 Å². The molecule has 0 fully saturated rings. The van der Waals surface area contributed by atoms with E-state index >= 15 is 0 Å². The second-order valence-electron chi connectivity index (χ2n) is 7.07. The van der Waals surface area contributed by atoms with Crippen LogP contribution in [0.3, 0.4) is 0 Å². The minimum absolute atomic E-state index is 0. The Kier molecular flexibility index (Phi) is 7.53. The quantitative estimate of drug-likeness (QED) is 0.206. The number of nitriles is 1. The van der Waals surface area contributed by atoms with Crippen LogP contribution in [-0.2, 0) is 20.1 Å². The van der Waals surface area contributed by atoms with Crippen molar-refractivity contribution in [3.05, 3.63) is 133 Å². The summed E-state index contributed by atoms with van der Waals surface area (Å²) in [7, 11) is 0. The average Bonchev–Trinajstić information content (AvgIpc) is 2.94. The standard InChI is InChI=1S/C17H12N.C13H9N2.Ir/c1-3-7-14(8-4-1)16-11-12-18-17(13-16)15-9-5-2-6-10-15;1-10-6-7-13(15-9-10)12-5-3-2-4-11(12)8-14;/h1-9,11-13H;2-4,6-7,9H,1H3;/q2*-1;/i;1D3;. The van der Waals surface area contributed by atoms with Gasteiger partial charge in [-0.15, -0.1) is 65.7 Å². The van der Waals surface area contributed by atoms with Crippen LogP contribution in [0.25, 0.3) is 33.6 Å². The van der Waals surface area contributed by atoms with Gasteiger partial charge in [0, 0.05) is 42.7 Å². The molecule has 5 rings (SSSR count). The van der Waals surface area contributed by atoms with Gasteiger partial charge in [0.1, 0.15) is 0 Å². The van der Waals surface area contributed by atoms with Crippen LogP contribution in [0.1, 0.15) is 15.2 Å². The Morgan fingerprint density at radius 2 is 1.62 bits per heavy atom. The Morgan fingerprint density at radius 1 is 0.794 bits per heavy atom. The van der Waals surface area contributed by atoms with Crippen molar-refractivity contribution in [1.29, 1.82) is 5.26 Å². The van der Waals surface area contributed by atoms with Crippen molar-refractivity contribution in [2.24, 2.45) is 0 Å². The van der Waals surface area contributed by atoms with E-state index in [0.29, 0.717) is 16.8 Å². The SMILES string of the molecule is [2H]C([2H])([2H])c1ccc(-c2[c-]cccc2C#N)nc1.[Ir].[c-]1ccccc1-c1cc(-c2ccccc2)ccn1. The Labute approximate surface area is 218 Å². The van der Waals surface area contributed by atoms with E-state index < -0.39 is 6.85 Å². The maximum Gasteiger partial charge on any atom is 0.0475 e. The maximum atomic E-state index is 8.98. The van der Waals surface area contributed by atoms with E-state index in [4.69, 9.17) is 9.37 Å². The second-order valence-corrected chi connectivity index (χ2v) is 7.07. The first-order chi connectivity index (χ1) is 17.5. The molecule has 167 valence electrons. The topological polar surface area (TPSA) is 49.6 Å². The summed E-state index contributed by atoms with van der Waals surface area (Å²) in [6, 6.07) is 38.7. The van der Waals surface area contributed by atoms with E-state index in [1.165, 1.54) is 23.4 Å². The number of aromatic nitrogens is 2. The number of benzene rings is 3. The zero-order valence-corrected chi connectivity index (χ0v) is 20.5. The van der Waals surface area contributed by atoms with E-state index in [1.807, 2.05) is 54.7 Å². The molecule has 3 nitrogen and oxygen atoms in total. The monoisotopic (exact) mass is 619 g/mol. The molecule has 34 heavy (non-hydrogen) atoms. The van der Waals surface area contributed by atoms with E-state index in [-0.39, 0.29) is 25.7 Å². The van der Waals surface area contributed by atoms with Crippen LogP contribution in [0.5, 0.6) is 0 Å². The van der Waals surface area contributed by atoms with Crippen LogP contribution in [0.4, 0.5) is 0 Å². The van der Waals surface area contributed by atoms with Crippen molar-refractivity contribution >= 4 is 0 Å². The molecule has 0 spiro atoms. The number of hydrogen-bond acceptors (Lipinski definition) is 3. The maximum absolute atomic E-state index is 8.98. The summed E-state index contributed by atoms with van der Waals surface area (Å²) in [5.74, 6) is 0. The van der Waals surface area contributed by atoms with E-state index in [0.717, 1.165) is 11.3 Å². The van der Waals surface area contributed by atoms with Gasteiger partial charge in [-0.25, -0.2) is 5.26 Å². The third kappa shape index (κ3) is 6.33. The van der Waals surface area contributed by atoms with Gasteiger partial charge in [-0.3, -0.25) is 0 Å². The number of hydrogen-bond donors (Lipinski definition) is 0. The second kappa shape index (κ2) is 12.4. The molecule has 0 unspecified atom stereocenters. The fourth-order valence-electron chi connectivity index (χ4n) is 3.22. The zero-order valence-electron chi connectivity index (χ0n) is 21.1. The molecule has 0 atom stereocenters. The minimum Gasteiger partial charge on any atom is -0.305 e. The van der Waals surface area contributed by atoms with Gasteiger partial charge in [0.25, 0.3) is 0 Å². The van der Waals surface area contributed by atoms with Crippen LogP contribution in [0.2, 0.25) is 0 Å². The van der Waals surface area contributed by atoms with Crippen LogP contribution < -0.4 is 0 Å². The average molecular weight is 619 g/mol. The van der Waals surface area contributed by atoms with Crippen LogP contribution in [-0.4, -0.2) is 9.97 Å². The zero-order chi connectivity index (χ0) is 25.4. The molecular formula is C30H21IrN3-2. The molecule has 5 aromatic rings. The van der Waals surface area contributed by atoms with Gasteiger partial charge >= 0.3 is 0 Å². The molecule has 0 saturated heterocycles. The number of nitrogens with zero attached hydrogens (tertiary/aromatic N) is 3. The van der Waals surface area contributed by atoms with Gasteiger partial charge in [0.2, 0.25) is 0 Å². The van der Waals surface area contributed by atoms with E-state index in [9.17, 15) is 0 Å². The van der Waals surface area contributed by atoms with Crippen LogP contribution >= 0.6 is 0 Å². The fourth-order valence-corrected chi connectivity index (χ4v) is 3.22. The number of rotatable bonds is 3. The summed E-state index contributed by atoms with van der Waals surface area (Å²) >= 11 is 0. The molecule has 1 radical (unpaired) electrons. The largest absolute Gasteiger partial charge is 0.305 e. The summed E-state index contributed by atoms with van der Waals surface area (Å²) in [5, 5.41) is 8.98. The van der Waals surface area contributed by atoms with Gasteiger partial charge in [-0.1, -0.05) is 48.5 Å². The summed E-state index contributed by atoms with van der Waals surface area (Å²) in [6.45, 7) is -2.16. The van der Waals surface area contributed by atoms with E-state index in [2.05, 4.69) is 46.4 Å². The van der Waals surface area contributed by atoms with Crippen molar-refractivity contribution in [3.8, 4) is 39.7 Å². The summed E-state index contributed by atoms with van der Waals surface area (Å²) in [5.41, 5.74) is 6.13. The molecule has 0 amide bonds. The first-order valence-corrected chi connectivity index (χ1v) is 10.3. The van der Waals surface area contributed by atoms with Crippen molar-refractivity contribution in [1.82, 2.24) is 9.97 Å².